The fourth-order valence-corrected chi connectivity index (χ4v) is 4.44. The highest BCUT2D eigenvalue weighted by molar-refractivity contribution is 5.83. The molecule has 0 amide bonds. The first-order valence-corrected chi connectivity index (χ1v) is 8.68. The van der Waals surface area contributed by atoms with E-state index in [2.05, 4.69) is 22.5 Å². The molecule has 0 aliphatic carbocycles. The van der Waals surface area contributed by atoms with E-state index in [1.165, 1.54) is 6.42 Å². The summed E-state index contributed by atoms with van der Waals surface area (Å²) in [5.41, 5.74) is 1.85. The van der Waals surface area contributed by atoms with Crippen molar-refractivity contribution in [3.05, 3.63) is 48.7 Å². The average molecular weight is 324 g/mol. The van der Waals surface area contributed by atoms with E-state index >= 15 is 0 Å². The molecule has 4 heteroatoms. The zero-order valence-corrected chi connectivity index (χ0v) is 14.1. The number of piperidine rings is 3. The molecule has 4 heterocycles. The van der Waals surface area contributed by atoms with Crippen LogP contribution < -0.4 is 4.74 Å². The van der Waals surface area contributed by atoms with Gasteiger partial charge in [-0.05, 0) is 61.1 Å². The Kier molecular flexibility index (Phi) is 4.02. The van der Waals surface area contributed by atoms with Gasteiger partial charge < -0.3 is 9.84 Å². The Morgan fingerprint density at radius 2 is 2.29 bits per heavy atom. The Hall–Kier alpha value is -1.91. The number of aromatic nitrogens is 1. The lowest BCUT2D eigenvalue weighted by molar-refractivity contribution is -0.0444. The van der Waals surface area contributed by atoms with Crippen LogP contribution in [0.3, 0.4) is 0 Å². The Bertz CT molecular complexity index is 760. The SMILES string of the molecule is C=CC1CN2CCC1C[C@@H]2[C@@H](O)c1ccnc2ccc(OC)cc12. The van der Waals surface area contributed by atoms with Crippen LogP contribution >= 0.6 is 0 Å². The number of nitrogens with zero attached hydrogens (tertiary/aromatic N) is 2. The monoisotopic (exact) mass is 324 g/mol. The predicted molar refractivity (Wildman–Crippen MR) is 95.0 cm³/mol. The van der Waals surface area contributed by atoms with Gasteiger partial charge in [0.1, 0.15) is 5.75 Å². The maximum absolute atomic E-state index is 11.2. The fraction of sp³-hybridized carbons (Fsp3) is 0.450. The van der Waals surface area contributed by atoms with Crippen molar-refractivity contribution in [1.82, 2.24) is 9.88 Å². The molecule has 0 radical (unpaired) electrons. The summed E-state index contributed by atoms with van der Waals surface area (Å²) in [5, 5.41) is 12.1. The van der Waals surface area contributed by atoms with Gasteiger partial charge in [-0.2, -0.15) is 0 Å². The van der Waals surface area contributed by atoms with Gasteiger partial charge in [-0.3, -0.25) is 9.88 Å². The first-order chi connectivity index (χ1) is 11.7. The van der Waals surface area contributed by atoms with Gasteiger partial charge in [0, 0.05) is 24.2 Å². The zero-order valence-electron chi connectivity index (χ0n) is 14.1. The summed E-state index contributed by atoms with van der Waals surface area (Å²) in [6, 6.07) is 7.96. The van der Waals surface area contributed by atoms with Gasteiger partial charge in [0.2, 0.25) is 0 Å². The summed E-state index contributed by atoms with van der Waals surface area (Å²) >= 11 is 0. The molecule has 2 bridgehead atoms. The molecule has 5 atom stereocenters. The number of pyridine rings is 1. The van der Waals surface area contributed by atoms with Crippen molar-refractivity contribution in [2.24, 2.45) is 11.8 Å². The Balaban J connectivity index is 1.69. The van der Waals surface area contributed by atoms with Gasteiger partial charge in [0.25, 0.3) is 0 Å². The molecular weight excluding hydrogens is 300 g/mol. The van der Waals surface area contributed by atoms with E-state index in [1.54, 1.807) is 13.3 Å². The van der Waals surface area contributed by atoms with Crippen LogP contribution in [0.2, 0.25) is 0 Å². The van der Waals surface area contributed by atoms with Crippen molar-refractivity contribution in [3.63, 3.8) is 0 Å². The van der Waals surface area contributed by atoms with Crippen molar-refractivity contribution < 1.29 is 9.84 Å². The van der Waals surface area contributed by atoms with E-state index in [4.69, 9.17) is 4.74 Å². The van der Waals surface area contributed by atoms with Crippen LogP contribution in [0, 0.1) is 11.8 Å². The molecule has 0 saturated carbocycles. The van der Waals surface area contributed by atoms with E-state index in [9.17, 15) is 5.11 Å². The number of hydrogen-bond acceptors (Lipinski definition) is 4. The highest BCUT2D eigenvalue weighted by Gasteiger charge is 2.42. The second-order valence-electron chi connectivity index (χ2n) is 6.97. The predicted octanol–water partition coefficient (Wildman–Crippen LogP) is 3.17. The topological polar surface area (TPSA) is 45.6 Å². The van der Waals surface area contributed by atoms with Crippen molar-refractivity contribution in [1.29, 1.82) is 0 Å². The largest absolute Gasteiger partial charge is 0.497 e. The van der Waals surface area contributed by atoms with Crippen LogP contribution in [0.15, 0.2) is 43.1 Å². The molecule has 1 N–H and O–H groups in total. The number of aliphatic hydroxyl groups excluding tert-OH is 1. The standard InChI is InChI=1S/C20H24N2O2/c1-3-13-12-22-9-7-14(13)10-19(22)20(23)16-6-8-21-18-5-4-15(24-2)11-17(16)18/h3-6,8,11,13-14,19-20,23H,1,7,9-10,12H2,2H3/t13?,14?,19-,20+/m1/s1. The van der Waals surface area contributed by atoms with Crippen molar-refractivity contribution in [2.45, 2.75) is 25.0 Å². The number of rotatable bonds is 4. The van der Waals surface area contributed by atoms with Crippen LogP contribution in [0.25, 0.3) is 10.9 Å². The smallest absolute Gasteiger partial charge is 0.119 e. The Morgan fingerprint density at radius 3 is 3.00 bits per heavy atom. The first-order valence-electron chi connectivity index (χ1n) is 8.68. The van der Waals surface area contributed by atoms with Gasteiger partial charge >= 0.3 is 0 Å². The summed E-state index contributed by atoms with van der Waals surface area (Å²) in [7, 11) is 1.66. The lowest BCUT2D eigenvalue weighted by Crippen LogP contribution is -2.54. The molecule has 3 fully saturated rings. The molecular formula is C20H24N2O2. The fourth-order valence-electron chi connectivity index (χ4n) is 4.44. The first kappa shape index (κ1) is 15.6. The van der Waals surface area contributed by atoms with Crippen LogP contribution in [-0.4, -0.2) is 41.2 Å². The van der Waals surface area contributed by atoms with Gasteiger partial charge in [0.05, 0.1) is 18.7 Å². The minimum Gasteiger partial charge on any atom is -0.497 e. The summed E-state index contributed by atoms with van der Waals surface area (Å²) in [6.07, 6.45) is 5.62. The van der Waals surface area contributed by atoms with E-state index in [0.717, 1.165) is 41.7 Å². The van der Waals surface area contributed by atoms with Crippen LogP contribution in [-0.2, 0) is 0 Å². The molecule has 2 aromatic rings. The van der Waals surface area contributed by atoms with E-state index in [0.29, 0.717) is 11.8 Å². The zero-order chi connectivity index (χ0) is 16.7. The minimum atomic E-state index is -0.504. The highest BCUT2D eigenvalue weighted by Crippen LogP contribution is 2.42. The average Bonchev–Trinajstić information content (AvgIpc) is 2.66. The second kappa shape index (κ2) is 6.19. The maximum atomic E-state index is 11.2. The van der Waals surface area contributed by atoms with E-state index in [-0.39, 0.29) is 6.04 Å². The van der Waals surface area contributed by atoms with Crippen molar-refractivity contribution in [2.75, 3.05) is 20.2 Å². The third-order valence-corrected chi connectivity index (χ3v) is 5.82. The van der Waals surface area contributed by atoms with Crippen LogP contribution in [0.5, 0.6) is 5.75 Å². The maximum Gasteiger partial charge on any atom is 0.119 e. The summed E-state index contributed by atoms with van der Waals surface area (Å²) < 4.78 is 5.35. The van der Waals surface area contributed by atoms with Gasteiger partial charge in [-0.15, -0.1) is 6.58 Å². The third kappa shape index (κ3) is 2.50. The van der Waals surface area contributed by atoms with E-state index < -0.39 is 6.10 Å². The van der Waals surface area contributed by atoms with Gasteiger partial charge in [-0.25, -0.2) is 0 Å². The van der Waals surface area contributed by atoms with Crippen LogP contribution in [0.4, 0.5) is 0 Å². The number of ether oxygens (including phenoxy) is 1. The molecule has 3 aliphatic heterocycles. The van der Waals surface area contributed by atoms with Gasteiger partial charge in [0.15, 0.2) is 0 Å². The highest BCUT2D eigenvalue weighted by atomic mass is 16.5. The summed E-state index contributed by atoms with van der Waals surface area (Å²) in [6.45, 7) is 6.07. The molecule has 1 aromatic carbocycles. The van der Waals surface area contributed by atoms with Crippen LogP contribution in [0.1, 0.15) is 24.5 Å². The number of benzene rings is 1. The molecule has 3 saturated heterocycles. The lowest BCUT2D eigenvalue weighted by atomic mass is 9.73. The second-order valence-corrected chi connectivity index (χ2v) is 6.97. The van der Waals surface area contributed by atoms with Crippen molar-refractivity contribution >= 4 is 10.9 Å². The molecule has 3 unspecified atom stereocenters. The minimum absolute atomic E-state index is 0.178. The quantitative estimate of drug-likeness (QED) is 0.878. The Morgan fingerprint density at radius 1 is 1.42 bits per heavy atom. The summed E-state index contributed by atoms with van der Waals surface area (Å²) in [4.78, 5) is 6.86. The lowest BCUT2D eigenvalue weighted by Gasteiger charge is -2.50. The molecule has 0 spiro atoms. The number of fused-ring (bicyclic) bond motifs is 4. The molecule has 24 heavy (non-hydrogen) atoms. The van der Waals surface area contributed by atoms with Crippen molar-refractivity contribution in [3.8, 4) is 5.75 Å². The molecule has 4 nitrogen and oxygen atoms in total. The molecule has 1 aromatic heterocycles. The molecule has 126 valence electrons. The van der Waals surface area contributed by atoms with E-state index in [1.807, 2.05) is 24.3 Å². The number of aliphatic hydroxyl groups is 1. The summed E-state index contributed by atoms with van der Waals surface area (Å²) in [5.74, 6) is 2.01. The van der Waals surface area contributed by atoms with Gasteiger partial charge in [-0.1, -0.05) is 6.08 Å². The molecule has 3 aliphatic rings. The molecule has 5 rings (SSSR count). The number of methoxy groups -OCH3 is 1. The third-order valence-electron chi connectivity index (χ3n) is 5.82. The normalized spacial score (nSPS) is 30.2. The number of hydrogen-bond donors (Lipinski definition) is 1. The Labute approximate surface area is 142 Å².